The number of thioether (sulfide) groups is 1. The van der Waals surface area contributed by atoms with Gasteiger partial charge in [-0.2, -0.15) is 0 Å². The molecule has 0 fully saturated rings. The van der Waals surface area contributed by atoms with E-state index in [1.54, 1.807) is 14.2 Å². The third-order valence-corrected chi connectivity index (χ3v) is 6.70. The van der Waals surface area contributed by atoms with E-state index in [0.717, 1.165) is 42.5 Å². The fourth-order valence-electron chi connectivity index (χ4n) is 3.81. The minimum atomic E-state index is 0.369. The summed E-state index contributed by atoms with van der Waals surface area (Å²) in [7, 11) is 3.44. The van der Waals surface area contributed by atoms with Crippen molar-refractivity contribution < 1.29 is 9.47 Å². The number of nitrogens with one attached hydrogen (secondary N) is 1. The summed E-state index contributed by atoms with van der Waals surface area (Å²) in [6.07, 6.45) is 2.94. The fraction of sp³-hybridized carbons (Fsp3) is 0.348. The molecule has 152 valence electrons. The first kappa shape index (κ1) is 19.7. The summed E-state index contributed by atoms with van der Waals surface area (Å²) in [4.78, 5) is 11.5. The molecule has 0 spiro atoms. The van der Waals surface area contributed by atoms with Gasteiger partial charge < -0.3 is 19.4 Å². The number of benzene rings is 2. The monoisotopic (exact) mass is 409 g/mol. The van der Waals surface area contributed by atoms with Crippen LogP contribution in [-0.4, -0.2) is 30.7 Å². The molecule has 1 aliphatic heterocycles. The van der Waals surface area contributed by atoms with Crippen molar-refractivity contribution in [2.75, 3.05) is 25.7 Å². The molecule has 1 aliphatic rings. The molecule has 29 heavy (non-hydrogen) atoms. The average Bonchev–Trinajstić information content (AvgIpc) is 3.05. The van der Waals surface area contributed by atoms with Gasteiger partial charge in [-0.25, -0.2) is 4.98 Å². The van der Waals surface area contributed by atoms with Crippen LogP contribution in [0.25, 0.3) is 0 Å². The van der Waals surface area contributed by atoms with E-state index in [9.17, 15) is 0 Å². The lowest BCUT2D eigenvalue weighted by atomic mass is 10.1. The summed E-state index contributed by atoms with van der Waals surface area (Å²) in [5.41, 5.74) is 4.82. The van der Waals surface area contributed by atoms with Crippen molar-refractivity contribution in [2.45, 2.75) is 37.0 Å². The van der Waals surface area contributed by atoms with Gasteiger partial charge in [0.15, 0.2) is 0 Å². The largest absolute Gasteiger partial charge is 0.497 e. The molecule has 1 unspecified atom stereocenters. The fourth-order valence-corrected chi connectivity index (χ4v) is 5.13. The number of rotatable bonds is 5. The Hall–Kier alpha value is -2.60. The Morgan fingerprint density at radius 1 is 1.14 bits per heavy atom. The molecule has 1 aromatic heterocycles. The second-order valence-electron chi connectivity index (χ2n) is 7.39. The van der Waals surface area contributed by atoms with Crippen LogP contribution in [-0.2, 0) is 6.54 Å². The lowest BCUT2D eigenvalue weighted by Crippen LogP contribution is -2.24. The van der Waals surface area contributed by atoms with Gasteiger partial charge in [0.05, 0.1) is 26.5 Å². The topological polar surface area (TPSA) is 50.4 Å². The summed E-state index contributed by atoms with van der Waals surface area (Å²) in [5.74, 6) is 2.81. The SMILES string of the molecule is COc1ccc2c(c1)SC(c1ccc(OC)c(C)c1)CCN2Cc1ncc(C)[nH]1. The Bertz CT molecular complexity index is 1000. The van der Waals surface area contributed by atoms with Crippen LogP contribution in [0.5, 0.6) is 11.5 Å². The molecule has 0 radical (unpaired) electrons. The molecule has 0 saturated carbocycles. The van der Waals surface area contributed by atoms with Crippen molar-refractivity contribution >= 4 is 17.4 Å². The lowest BCUT2D eigenvalue weighted by molar-refractivity contribution is 0.411. The Balaban J connectivity index is 1.67. The minimum absolute atomic E-state index is 0.369. The zero-order valence-electron chi connectivity index (χ0n) is 17.4. The van der Waals surface area contributed by atoms with Gasteiger partial charge in [0.25, 0.3) is 0 Å². The van der Waals surface area contributed by atoms with Crippen molar-refractivity contribution in [2.24, 2.45) is 0 Å². The summed E-state index contributed by atoms with van der Waals surface area (Å²) in [6.45, 7) is 5.87. The first-order chi connectivity index (χ1) is 14.1. The van der Waals surface area contributed by atoms with Crippen LogP contribution in [0.1, 0.15) is 34.3 Å². The normalized spacial score (nSPS) is 16.3. The van der Waals surface area contributed by atoms with Crippen LogP contribution in [0.15, 0.2) is 47.5 Å². The highest BCUT2D eigenvalue weighted by molar-refractivity contribution is 7.99. The molecule has 3 aromatic rings. The van der Waals surface area contributed by atoms with E-state index in [1.165, 1.54) is 21.7 Å². The maximum absolute atomic E-state index is 5.50. The number of fused-ring (bicyclic) bond motifs is 1. The highest BCUT2D eigenvalue weighted by Gasteiger charge is 2.25. The number of methoxy groups -OCH3 is 2. The van der Waals surface area contributed by atoms with Gasteiger partial charge >= 0.3 is 0 Å². The predicted molar refractivity (Wildman–Crippen MR) is 118 cm³/mol. The van der Waals surface area contributed by atoms with E-state index < -0.39 is 0 Å². The molecule has 1 N–H and O–H groups in total. The second kappa shape index (κ2) is 8.41. The summed E-state index contributed by atoms with van der Waals surface area (Å²) in [6, 6.07) is 12.9. The van der Waals surface area contributed by atoms with Gasteiger partial charge in [-0.1, -0.05) is 12.1 Å². The first-order valence-corrected chi connectivity index (χ1v) is 10.7. The maximum atomic E-state index is 5.50. The van der Waals surface area contributed by atoms with Crippen molar-refractivity contribution in [1.82, 2.24) is 9.97 Å². The van der Waals surface area contributed by atoms with Crippen LogP contribution >= 0.6 is 11.8 Å². The summed E-state index contributed by atoms with van der Waals surface area (Å²) < 4.78 is 10.9. The third-order valence-electron chi connectivity index (χ3n) is 5.32. The van der Waals surface area contributed by atoms with E-state index in [2.05, 4.69) is 52.1 Å². The molecule has 6 heteroatoms. The highest BCUT2D eigenvalue weighted by atomic mass is 32.2. The van der Waals surface area contributed by atoms with E-state index in [0.29, 0.717) is 5.25 Å². The van der Waals surface area contributed by atoms with Crippen molar-refractivity contribution in [3.8, 4) is 11.5 Å². The Morgan fingerprint density at radius 3 is 2.69 bits per heavy atom. The van der Waals surface area contributed by atoms with Crippen LogP contribution in [0, 0.1) is 13.8 Å². The van der Waals surface area contributed by atoms with Crippen molar-refractivity contribution in [3.05, 3.63) is 65.2 Å². The van der Waals surface area contributed by atoms with Crippen LogP contribution in [0.4, 0.5) is 5.69 Å². The second-order valence-corrected chi connectivity index (χ2v) is 8.64. The molecule has 1 atom stereocenters. The molecule has 0 aliphatic carbocycles. The zero-order valence-corrected chi connectivity index (χ0v) is 18.2. The van der Waals surface area contributed by atoms with E-state index >= 15 is 0 Å². The number of nitrogens with zero attached hydrogens (tertiary/aromatic N) is 2. The molecule has 0 amide bonds. The number of imidazole rings is 1. The summed E-state index contributed by atoms with van der Waals surface area (Å²) >= 11 is 1.91. The Morgan fingerprint density at radius 2 is 2.00 bits per heavy atom. The number of anilines is 1. The van der Waals surface area contributed by atoms with Crippen LogP contribution < -0.4 is 14.4 Å². The zero-order chi connectivity index (χ0) is 20.4. The average molecular weight is 410 g/mol. The van der Waals surface area contributed by atoms with Gasteiger partial charge in [0, 0.05) is 28.6 Å². The number of H-pyrrole nitrogens is 1. The minimum Gasteiger partial charge on any atom is -0.497 e. The number of hydrogen-bond donors (Lipinski definition) is 1. The molecular weight excluding hydrogens is 382 g/mol. The molecule has 0 bridgehead atoms. The van der Waals surface area contributed by atoms with E-state index in [1.807, 2.05) is 30.9 Å². The van der Waals surface area contributed by atoms with Gasteiger partial charge in [-0.15, -0.1) is 11.8 Å². The molecule has 5 nitrogen and oxygen atoms in total. The van der Waals surface area contributed by atoms with Crippen molar-refractivity contribution in [1.29, 1.82) is 0 Å². The van der Waals surface area contributed by atoms with E-state index in [4.69, 9.17) is 9.47 Å². The Labute approximate surface area is 176 Å². The standard InChI is InChI=1S/C23H27N3O2S/c1-15-11-17(5-8-20(15)28-4)21-9-10-26(14-23-24-13-16(2)25-23)19-7-6-18(27-3)12-22(19)29-21/h5-8,11-13,21H,9-10,14H2,1-4H3,(H,24,25). The van der Waals surface area contributed by atoms with E-state index in [-0.39, 0.29) is 0 Å². The maximum Gasteiger partial charge on any atom is 0.125 e. The highest BCUT2D eigenvalue weighted by Crippen LogP contribution is 2.47. The predicted octanol–water partition coefficient (Wildman–Crippen LogP) is 5.29. The van der Waals surface area contributed by atoms with Gasteiger partial charge in [0.1, 0.15) is 17.3 Å². The van der Waals surface area contributed by atoms with Gasteiger partial charge in [-0.3, -0.25) is 0 Å². The molecular formula is C23H27N3O2S. The number of hydrogen-bond acceptors (Lipinski definition) is 5. The molecule has 0 saturated heterocycles. The number of aryl methyl sites for hydroxylation is 2. The molecule has 2 heterocycles. The lowest BCUT2D eigenvalue weighted by Gasteiger charge is -2.23. The number of aromatic nitrogens is 2. The van der Waals surface area contributed by atoms with Gasteiger partial charge in [-0.05, 0) is 55.7 Å². The molecule has 2 aromatic carbocycles. The number of ether oxygens (including phenoxy) is 2. The number of aromatic amines is 1. The van der Waals surface area contributed by atoms with Crippen LogP contribution in [0.3, 0.4) is 0 Å². The molecule has 4 rings (SSSR count). The Kier molecular flexibility index (Phi) is 5.72. The van der Waals surface area contributed by atoms with Crippen LogP contribution in [0.2, 0.25) is 0 Å². The smallest absolute Gasteiger partial charge is 0.125 e. The summed E-state index contributed by atoms with van der Waals surface area (Å²) in [5, 5.41) is 0.369. The quantitative estimate of drug-likeness (QED) is 0.621. The third kappa shape index (κ3) is 4.22. The van der Waals surface area contributed by atoms with Crippen molar-refractivity contribution in [3.63, 3.8) is 0 Å². The van der Waals surface area contributed by atoms with Gasteiger partial charge in [0.2, 0.25) is 0 Å². The first-order valence-electron chi connectivity index (χ1n) is 9.82.